The molecule has 0 aromatic carbocycles. The van der Waals surface area contributed by atoms with E-state index in [1.165, 1.54) is 29.6 Å². The van der Waals surface area contributed by atoms with Crippen molar-refractivity contribution >= 4 is 5.97 Å². The molecule has 0 aliphatic rings. The van der Waals surface area contributed by atoms with Crippen LogP contribution >= 0.6 is 0 Å². The lowest BCUT2D eigenvalue weighted by Gasteiger charge is -2.03. The van der Waals surface area contributed by atoms with Gasteiger partial charge in [0.2, 0.25) is 0 Å². The Morgan fingerprint density at radius 1 is 1.40 bits per heavy atom. The van der Waals surface area contributed by atoms with Crippen LogP contribution in [0, 0.1) is 6.92 Å². The summed E-state index contributed by atoms with van der Waals surface area (Å²) in [5, 5.41) is 12.6. The average molecular weight is 272 g/mol. The summed E-state index contributed by atoms with van der Waals surface area (Å²) in [7, 11) is 0. The third kappa shape index (κ3) is 2.00. The highest BCUT2D eigenvalue weighted by Gasteiger charge is 2.16. The quantitative estimate of drug-likeness (QED) is 0.740. The fraction of sp³-hybridized carbons (Fsp3) is 0.0909. The molecule has 0 atom stereocenters. The number of nitrogens with zero attached hydrogens (tertiary/aromatic N) is 6. The lowest BCUT2D eigenvalue weighted by molar-refractivity contribution is 0.0691. The normalized spacial score (nSPS) is 10.7. The van der Waals surface area contributed by atoms with Gasteiger partial charge in [0, 0.05) is 12.4 Å². The molecule has 0 saturated carbocycles. The van der Waals surface area contributed by atoms with E-state index < -0.39 is 5.97 Å². The average Bonchev–Trinajstić information content (AvgIpc) is 3.07. The van der Waals surface area contributed by atoms with Crippen molar-refractivity contribution in [2.75, 3.05) is 0 Å². The molecular formula is C11H8N6O3. The maximum absolute atomic E-state index is 10.9. The van der Waals surface area contributed by atoms with Crippen molar-refractivity contribution in [1.29, 1.82) is 0 Å². The topological polar surface area (TPSA) is 120 Å². The zero-order valence-corrected chi connectivity index (χ0v) is 10.3. The van der Waals surface area contributed by atoms with Crippen LogP contribution in [0.25, 0.3) is 17.3 Å². The zero-order chi connectivity index (χ0) is 14.1. The highest BCUT2D eigenvalue weighted by Crippen LogP contribution is 2.22. The van der Waals surface area contributed by atoms with Crippen molar-refractivity contribution in [1.82, 2.24) is 29.7 Å². The van der Waals surface area contributed by atoms with E-state index in [1.807, 2.05) is 0 Å². The van der Waals surface area contributed by atoms with Gasteiger partial charge in [-0.05, 0) is 6.92 Å². The maximum atomic E-state index is 10.9. The Morgan fingerprint density at radius 2 is 2.25 bits per heavy atom. The van der Waals surface area contributed by atoms with Gasteiger partial charge < -0.3 is 9.63 Å². The van der Waals surface area contributed by atoms with Crippen LogP contribution in [0.4, 0.5) is 0 Å². The Morgan fingerprint density at radius 3 is 2.90 bits per heavy atom. The minimum Gasteiger partial charge on any atom is -0.476 e. The molecule has 0 radical (unpaired) electrons. The first-order valence-corrected chi connectivity index (χ1v) is 5.53. The second-order valence-corrected chi connectivity index (χ2v) is 3.88. The molecule has 20 heavy (non-hydrogen) atoms. The van der Waals surface area contributed by atoms with E-state index in [1.54, 1.807) is 6.92 Å². The van der Waals surface area contributed by atoms with E-state index in [-0.39, 0.29) is 11.6 Å². The minimum atomic E-state index is -1.12. The van der Waals surface area contributed by atoms with Gasteiger partial charge in [-0.3, -0.25) is 4.57 Å². The lowest BCUT2D eigenvalue weighted by Crippen LogP contribution is -2.00. The third-order valence-electron chi connectivity index (χ3n) is 2.50. The minimum absolute atomic E-state index is 0.0868. The predicted molar refractivity (Wildman–Crippen MR) is 64.1 cm³/mol. The van der Waals surface area contributed by atoms with Crippen LogP contribution in [0.15, 0.2) is 29.6 Å². The number of hydrogen-bond donors (Lipinski definition) is 1. The molecule has 0 fully saturated rings. The second kappa shape index (κ2) is 4.53. The largest absolute Gasteiger partial charge is 0.476 e. The number of aryl methyl sites for hydroxylation is 1. The molecule has 0 aliphatic heterocycles. The first-order valence-electron chi connectivity index (χ1n) is 5.53. The summed E-state index contributed by atoms with van der Waals surface area (Å²) in [5.74, 6) is 0.0203. The Hall–Kier alpha value is -3.10. The van der Waals surface area contributed by atoms with E-state index in [4.69, 9.17) is 9.63 Å². The fourth-order valence-corrected chi connectivity index (χ4v) is 1.64. The Kier molecular flexibility index (Phi) is 2.71. The van der Waals surface area contributed by atoms with Crippen LogP contribution in [-0.4, -0.2) is 40.7 Å². The Labute approximate surface area is 111 Å². The highest BCUT2D eigenvalue weighted by molar-refractivity contribution is 5.85. The molecule has 3 aromatic rings. The van der Waals surface area contributed by atoms with Gasteiger partial charge in [0.05, 0.1) is 0 Å². The summed E-state index contributed by atoms with van der Waals surface area (Å²) in [6.45, 7) is 1.69. The standard InChI is InChI=1S/C11H8N6O3/c1-6-15-10(20-16-6)7-2-12-4-13-9(7)17-3-8(11(18)19)14-5-17/h2-5H,1H3,(H,18,19). The molecule has 0 bridgehead atoms. The highest BCUT2D eigenvalue weighted by atomic mass is 16.5. The van der Waals surface area contributed by atoms with Crippen LogP contribution in [0.1, 0.15) is 16.3 Å². The Balaban J connectivity index is 2.11. The number of hydrogen-bond acceptors (Lipinski definition) is 7. The molecule has 3 rings (SSSR count). The summed E-state index contributed by atoms with van der Waals surface area (Å²) >= 11 is 0. The van der Waals surface area contributed by atoms with Crippen molar-refractivity contribution in [2.45, 2.75) is 6.92 Å². The number of carboxylic acid groups (broad SMARTS) is 1. The van der Waals surface area contributed by atoms with E-state index in [0.29, 0.717) is 17.2 Å². The van der Waals surface area contributed by atoms with Crippen LogP contribution < -0.4 is 0 Å². The van der Waals surface area contributed by atoms with Gasteiger partial charge in [-0.25, -0.2) is 19.7 Å². The summed E-state index contributed by atoms with van der Waals surface area (Å²) in [6.07, 6.45) is 5.54. The van der Waals surface area contributed by atoms with Crippen molar-refractivity contribution in [3.8, 4) is 17.3 Å². The molecular weight excluding hydrogens is 264 g/mol. The van der Waals surface area contributed by atoms with Crippen molar-refractivity contribution in [3.63, 3.8) is 0 Å². The molecule has 9 heteroatoms. The van der Waals surface area contributed by atoms with Crippen LogP contribution in [0.2, 0.25) is 0 Å². The second-order valence-electron chi connectivity index (χ2n) is 3.88. The number of rotatable bonds is 3. The summed E-state index contributed by atoms with van der Waals surface area (Å²) in [6, 6.07) is 0. The molecule has 0 unspecified atom stereocenters. The Bertz CT molecular complexity index is 778. The SMILES string of the molecule is Cc1noc(-c2cncnc2-n2cnc(C(=O)O)c2)n1. The monoisotopic (exact) mass is 272 g/mol. The third-order valence-corrected chi connectivity index (χ3v) is 2.50. The number of aromatic nitrogens is 6. The number of carbonyl (C=O) groups is 1. The summed E-state index contributed by atoms with van der Waals surface area (Å²) in [4.78, 5) is 26.7. The summed E-state index contributed by atoms with van der Waals surface area (Å²) < 4.78 is 6.53. The molecule has 3 aromatic heterocycles. The first kappa shape index (κ1) is 12.0. The molecule has 0 spiro atoms. The molecule has 0 amide bonds. The van der Waals surface area contributed by atoms with Gasteiger partial charge in [0.25, 0.3) is 5.89 Å². The van der Waals surface area contributed by atoms with Gasteiger partial charge in [0.1, 0.15) is 18.2 Å². The zero-order valence-electron chi connectivity index (χ0n) is 10.3. The van der Waals surface area contributed by atoms with Gasteiger partial charge in [-0.2, -0.15) is 4.98 Å². The van der Waals surface area contributed by atoms with E-state index in [2.05, 4.69) is 25.1 Å². The van der Waals surface area contributed by atoms with Gasteiger partial charge in [-0.1, -0.05) is 5.16 Å². The first-order chi connectivity index (χ1) is 9.65. The van der Waals surface area contributed by atoms with Gasteiger partial charge in [-0.15, -0.1) is 0 Å². The molecule has 9 nitrogen and oxygen atoms in total. The van der Waals surface area contributed by atoms with E-state index in [9.17, 15) is 4.79 Å². The van der Waals surface area contributed by atoms with Crippen LogP contribution in [0.3, 0.4) is 0 Å². The van der Waals surface area contributed by atoms with Crippen molar-refractivity contribution in [2.24, 2.45) is 0 Å². The number of carboxylic acids is 1. The van der Waals surface area contributed by atoms with E-state index in [0.717, 1.165) is 0 Å². The van der Waals surface area contributed by atoms with Gasteiger partial charge in [0.15, 0.2) is 17.3 Å². The molecule has 3 heterocycles. The van der Waals surface area contributed by atoms with Crippen LogP contribution in [0.5, 0.6) is 0 Å². The van der Waals surface area contributed by atoms with Crippen molar-refractivity contribution < 1.29 is 14.4 Å². The maximum Gasteiger partial charge on any atom is 0.356 e. The fourth-order valence-electron chi connectivity index (χ4n) is 1.64. The predicted octanol–water partition coefficient (Wildman–Crippen LogP) is 0.719. The van der Waals surface area contributed by atoms with Gasteiger partial charge >= 0.3 is 5.97 Å². The molecule has 0 aliphatic carbocycles. The smallest absolute Gasteiger partial charge is 0.356 e. The van der Waals surface area contributed by atoms with Crippen molar-refractivity contribution in [3.05, 3.63) is 36.6 Å². The molecule has 1 N–H and O–H groups in total. The molecule has 100 valence electrons. The lowest BCUT2D eigenvalue weighted by atomic mass is 10.3. The van der Waals surface area contributed by atoms with E-state index >= 15 is 0 Å². The number of aromatic carboxylic acids is 1. The van der Waals surface area contributed by atoms with Crippen LogP contribution in [-0.2, 0) is 0 Å². The number of imidazole rings is 1. The summed E-state index contributed by atoms with van der Waals surface area (Å²) in [5.41, 5.74) is 0.402. The molecule has 0 saturated heterocycles.